The number of aromatic nitrogens is 1. The minimum absolute atomic E-state index is 0.230. The number of pyridine rings is 1. The minimum Gasteiger partial charge on any atom is -0.478 e. The average Bonchev–Trinajstić information content (AvgIpc) is 2.30. The van der Waals surface area contributed by atoms with Crippen LogP contribution in [0.25, 0.3) is 0 Å². The molecule has 1 saturated heterocycles. The first kappa shape index (κ1) is 11.2. The molecule has 0 aliphatic carbocycles. The highest BCUT2D eigenvalue weighted by atomic mass is 16.5. The summed E-state index contributed by atoms with van der Waals surface area (Å²) in [4.78, 5) is 6.52. The Hall–Kier alpha value is -1.29. The second-order valence-corrected chi connectivity index (χ2v) is 4.01. The van der Waals surface area contributed by atoms with Gasteiger partial charge in [-0.25, -0.2) is 0 Å². The molecular weight excluding hydrogens is 204 g/mol. The molecule has 1 unspecified atom stereocenters. The molecule has 0 aromatic carbocycles. The highest BCUT2D eigenvalue weighted by Gasteiger charge is 2.18. The average molecular weight is 222 g/mol. The van der Waals surface area contributed by atoms with Crippen LogP contribution in [0.3, 0.4) is 0 Å². The predicted octanol–water partition coefficient (Wildman–Crippen LogP) is 1.44. The quantitative estimate of drug-likeness (QED) is 0.840. The molecule has 1 N–H and O–H groups in total. The summed E-state index contributed by atoms with van der Waals surface area (Å²) < 4.78 is 5.36. The summed E-state index contributed by atoms with van der Waals surface area (Å²) in [5.41, 5.74) is 0. The molecule has 1 aliphatic rings. The van der Waals surface area contributed by atoms with E-state index >= 15 is 0 Å². The lowest BCUT2D eigenvalue weighted by atomic mass is 10.1. The summed E-state index contributed by atoms with van der Waals surface area (Å²) >= 11 is 0. The van der Waals surface area contributed by atoms with E-state index in [1.54, 1.807) is 0 Å². The molecule has 16 heavy (non-hydrogen) atoms. The molecule has 1 atom stereocenters. The van der Waals surface area contributed by atoms with Gasteiger partial charge < -0.3 is 14.7 Å². The lowest BCUT2D eigenvalue weighted by molar-refractivity contribution is 0.153. The van der Waals surface area contributed by atoms with Gasteiger partial charge in [-0.1, -0.05) is 6.07 Å². The highest BCUT2D eigenvalue weighted by Crippen LogP contribution is 2.20. The zero-order valence-electron chi connectivity index (χ0n) is 9.59. The lowest BCUT2D eigenvalue weighted by Gasteiger charge is -2.31. The SMILES string of the molecule is CCOc1cccc(N2CCCC(O)C2)n1. The summed E-state index contributed by atoms with van der Waals surface area (Å²) in [6.45, 7) is 4.19. The molecule has 0 bridgehead atoms. The van der Waals surface area contributed by atoms with Crippen LogP contribution >= 0.6 is 0 Å². The predicted molar refractivity (Wildman–Crippen MR) is 62.9 cm³/mol. The van der Waals surface area contributed by atoms with Gasteiger partial charge in [-0.3, -0.25) is 0 Å². The van der Waals surface area contributed by atoms with Gasteiger partial charge in [-0.05, 0) is 25.8 Å². The Balaban J connectivity index is 2.09. The van der Waals surface area contributed by atoms with E-state index in [9.17, 15) is 5.11 Å². The maximum atomic E-state index is 9.61. The molecule has 1 aromatic rings. The van der Waals surface area contributed by atoms with Gasteiger partial charge in [-0.15, -0.1) is 0 Å². The van der Waals surface area contributed by atoms with Crippen molar-refractivity contribution in [3.8, 4) is 5.88 Å². The number of ether oxygens (including phenoxy) is 1. The topological polar surface area (TPSA) is 45.6 Å². The van der Waals surface area contributed by atoms with Crippen LogP contribution in [0, 0.1) is 0 Å². The van der Waals surface area contributed by atoms with Crippen LogP contribution in [0.4, 0.5) is 5.82 Å². The number of nitrogens with zero attached hydrogens (tertiary/aromatic N) is 2. The highest BCUT2D eigenvalue weighted by molar-refractivity contribution is 5.41. The standard InChI is InChI=1S/C12H18N2O2/c1-2-16-12-7-3-6-11(13-12)14-8-4-5-10(15)9-14/h3,6-7,10,15H,2,4-5,8-9H2,1H3. The van der Waals surface area contributed by atoms with Gasteiger partial charge in [0, 0.05) is 19.2 Å². The second-order valence-electron chi connectivity index (χ2n) is 4.01. The van der Waals surface area contributed by atoms with Crippen molar-refractivity contribution in [1.82, 2.24) is 4.98 Å². The Morgan fingerprint density at radius 3 is 3.19 bits per heavy atom. The van der Waals surface area contributed by atoms with E-state index in [1.165, 1.54) is 0 Å². The number of aliphatic hydroxyl groups is 1. The smallest absolute Gasteiger partial charge is 0.215 e. The van der Waals surface area contributed by atoms with E-state index < -0.39 is 0 Å². The van der Waals surface area contributed by atoms with Gasteiger partial charge in [0.25, 0.3) is 0 Å². The number of anilines is 1. The van der Waals surface area contributed by atoms with Crippen LogP contribution in [0.2, 0.25) is 0 Å². The molecule has 1 aromatic heterocycles. The normalized spacial score (nSPS) is 20.9. The Bertz CT molecular complexity index is 344. The largest absolute Gasteiger partial charge is 0.478 e. The monoisotopic (exact) mass is 222 g/mol. The van der Waals surface area contributed by atoms with Gasteiger partial charge in [0.05, 0.1) is 12.7 Å². The summed E-state index contributed by atoms with van der Waals surface area (Å²) in [6.07, 6.45) is 1.68. The third kappa shape index (κ3) is 2.64. The molecule has 0 radical (unpaired) electrons. The van der Waals surface area contributed by atoms with E-state index in [2.05, 4.69) is 9.88 Å². The third-order valence-corrected chi connectivity index (χ3v) is 2.72. The summed E-state index contributed by atoms with van der Waals surface area (Å²) in [5.74, 6) is 1.55. The van der Waals surface area contributed by atoms with Crippen molar-refractivity contribution in [3.05, 3.63) is 18.2 Å². The van der Waals surface area contributed by atoms with E-state index in [-0.39, 0.29) is 6.10 Å². The van der Waals surface area contributed by atoms with Crippen LogP contribution in [0.15, 0.2) is 18.2 Å². The fourth-order valence-electron chi connectivity index (χ4n) is 1.97. The van der Waals surface area contributed by atoms with Crippen LogP contribution in [0.5, 0.6) is 5.88 Å². The molecule has 2 rings (SSSR count). The fraction of sp³-hybridized carbons (Fsp3) is 0.583. The molecule has 2 heterocycles. The zero-order valence-corrected chi connectivity index (χ0v) is 9.59. The maximum absolute atomic E-state index is 9.61. The van der Waals surface area contributed by atoms with E-state index in [1.807, 2.05) is 25.1 Å². The van der Waals surface area contributed by atoms with E-state index in [4.69, 9.17) is 4.74 Å². The van der Waals surface area contributed by atoms with Gasteiger partial charge in [-0.2, -0.15) is 4.98 Å². The van der Waals surface area contributed by atoms with Gasteiger partial charge in [0.1, 0.15) is 5.82 Å². The maximum Gasteiger partial charge on any atom is 0.215 e. The van der Waals surface area contributed by atoms with Crippen molar-refractivity contribution >= 4 is 5.82 Å². The van der Waals surface area contributed by atoms with Crippen molar-refractivity contribution < 1.29 is 9.84 Å². The molecule has 4 nitrogen and oxygen atoms in total. The van der Waals surface area contributed by atoms with E-state index in [0.29, 0.717) is 19.0 Å². The first-order chi connectivity index (χ1) is 7.79. The molecule has 0 spiro atoms. The first-order valence-electron chi connectivity index (χ1n) is 5.82. The van der Waals surface area contributed by atoms with E-state index in [0.717, 1.165) is 25.2 Å². The van der Waals surface area contributed by atoms with Crippen molar-refractivity contribution in [2.45, 2.75) is 25.9 Å². The van der Waals surface area contributed by atoms with Gasteiger partial charge in [0.2, 0.25) is 5.88 Å². The Morgan fingerprint density at radius 2 is 2.44 bits per heavy atom. The van der Waals surface area contributed by atoms with Gasteiger partial charge >= 0.3 is 0 Å². The molecule has 1 aliphatic heterocycles. The molecule has 0 amide bonds. The molecule has 4 heteroatoms. The number of piperidine rings is 1. The summed E-state index contributed by atoms with van der Waals surface area (Å²) in [6, 6.07) is 5.75. The fourth-order valence-corrected chi connectivity index (χ4v) is 1.97. The second kappa shape index (κ2) is 5.16. The molecule has 1 fully saturated rings. The van der Waals surface area contributed by atoms with Crippen LogP contribution < -0.4 is 9.64 Å². The van der Waals surface area contributed by atoms with Crippen molar-refractivity contribution in [3.63, 3.8) is 0 Å². The molecule has 88 valence electrons. The Labute approximate surface area is 95.9 Å². The first-order valence-corrected chi connectivity index (χ1v) is 5.82. The van der Waals surface area contributed by atoms with Crippen LogP contribution in [-0.4, -0.2) is 35.9 Å². The Morgan fingerprint density at radius 1 is 1.56 bits per heavy atom. The number of hydrogen-bond acceptors (Lipinski definition) is 4. The van der Waals surface area contributed by atoms with Gasteiger partial charge in [0.15, 0.2) is 0 Å². The lowest BCUT2D eigenvalue weighted by Crippen LogP contribution is -2.38. The Kier molecular flexibility index (Phi) is 3.62. The van der Waals surface area contributed by atoms with Crippen LogP contribution in [-0.2, 0) is 0 Å². The molecular formula is C12H18N2O2. The van der Waals surface area contributed by atoms with Crippen LogP contribution in [0.1, 0.15) is 19.8 Å². The van der Waals surface area contributed by atoms with Crippen molar-refractivity contribution in [1.29, 1.82) is 0 Å². The zero-order chi connectivity index (χ0) is 11.4. The number of hydrogen-bond donors (Lipinski definition) is 1. The summed E-state index contributed by atoms with van der Waals surface area (Å²) in [7, 11) is 0. The number of aliphatic hydroxyl groups excluding tert-OH is 1. The molecule has 0 saturated carbocycles. The van der Waals surface area contributed by atoms with Crippen molar-refractivity contribution in [2.24, 2.45) is 0 Å². The van der Waals surface area contributed by atoms with Crippen molar-refractivity contribution in [2.75, 3.05) is 24.6 Å². The third-order valence-electron chi connectivity index (χ3n) is 2.72. The summed E-state index contributed by atoms with van der Waals surface area (Å²) in [5, 5.41) is 9.61. The minimum atomic E-state index is -0.230. The number of β-amino-alcohol motifs (C(OH)–C–C–N with tert-alkyl or cyclic N) is 1. The number of rotatable bonds is 3.